The molecule has 3 rings (SSSR count). The Hall–Kier alpha value is -3.13. The Balaban J connectivity index is -0.000000531. The van der Waals surface area contributed by atoms with Gasteiger partial charge in [-0.2, -0.15) is 0 Å². The maximum absolute atomic E-state index is 8.89. The summed E-state index contributed by atoms with van der Waals surface area (Å²) in [5, 5.41) is 35.6. The third-order valence-corrected chi connectivity index (χ3v) is 11.0. The van der Waals surface area contributed by atoms with Crippen LogP contribution in [0, 0.1) is 0 Å². The van der Waals surface area contributed by atoms with Crippen LogP contribution < -0.4 is 31.2 Å². The van der Waals surface area contributed by atoms with Gasteiger partial charge in [0.25, 0.3) is 0 Å². The standard InChI is InChI=1S/3C6H5.4C2H4O2.Cr.Sn/c3*1-2-4-6-5-3-1;4*1-2(3)4;;/h3*1-5H;4*1H3,(H,3,4);;/q;;;;;;;+3;+1/p-4. The third kappa shape index (κ3) is 25.5. The summed E-state index contributed by atoms with van der Waals surface area (Å²) in [6.07, 6.45) is 0. The fourth-order valence-electron chi connectivity index (χ4n) is 2.31. The maximum atomic E-state index is 8.89. The zero-order valence-electron chi connectivity index (χ0n) is 20.3. The number of carboxylic acids is 4. The van der Waals surface area contributed by atoms with Gasteiger partial charge in [0.2, 0.25) is 0 Å². The molecular weight excluding hydrogens is 611 g/mol. The van der Waals surface area contributed by atoms with Gasteiger partial charge in [-0.15, -0.1) is 0 Å². The Bertz CT molecular complexity index is 842. The van der Waals surface area contributed by atoms with Gasteiger partial charge in [0.15, 0.2) is 0 Å². The molecule has 0 bridgehead atoms. The molecule has 3 aromatic carbocycles. The Morgan fingerprint density at radius 2 is 0.583 bits per heavy atom. The van der Waals surface area contributed by atoms with Crippen LogP contribution in [-0.4, -0.2) is 43.6 Å². The molecule has 0 heterocycles. The number of carbonyl (C=O) groups is 4. The van der Waals surface area contributed by atoms with E-state index in [4.69, 9.17) is 39.6 Å². The SMILES string of the molecule is CC(=O)[O-].CC(=O)[O-].CC(=O)[O-].CC(=O)[O-].[Cr+3].c1cc[c]([Sn+]([c]2ccccc2)[c]2ccccc2)cc1. The van der Waals surface area contributed by atoms with E-state index in [-0.39, 0.29) is 17.4 Å². The van der Waals surface area contributed by atoms with E-state index in [2.05, 4.69) is 91.0 Å². The van der Waals surface area contributed by atoms with Gasteiger partial charge in [0, 0.05) is 23.9 Å². The van der Waals surface area contributed by atoms with Crippen LogP contribution in [0.5, 0.6) is 0 Å². The van der Waals surface area contributed by atoms with Crippen molar-refractivity contribution in [3.63, 3.8) is 0 Å². The first-order valence-electron chi connectivity index (χ1n) is 10.1. The molecule has 36 heavy (non-hydrogen) atoms. The summed E-state index contributed by atoms with van der Waals surface area (Å²) in [5.74, 6) is -4.33. The zero-order chi connectivity index (χ0) is 27.2. The van der Waals surface area contributed by atoms with Crippen molar-refractivity contribution in [1.82, 2.24) is 0 Å². The predicted octanol–water partition coefficient (Wildman–Crippen LogP) is -2.77. The van der Waals surface area contributed by atoms with E-state index in [0.29, 0.717) is 0 Å². The number of hydrogen-bond acceptors (Lipinski definition) is 8. The van der Waals surface area contributed by atoms with Crippen LogP contribution in [0.3, 0.4) is 0 Å². The first-order chi connectivity index (χ1) is 16.4. The topological polar surface area (TPSA) is 161 Å². The van der Waals surface area contributed by atoms with Crippen LogP contribution >= 0.6 is 0 Å². The average Bonchev–Trinajstić information content (AvgIpc) is 2.75. The molecule has 0 aliphatic rings. The molecule has 10 heteroatoms. The van der Waals surface area contributed by atoms with E-state index in [9.17, 15) is 0 Å². The Labute approximate surface area is 229 Å². The first kappa shape index (κ1) is 37.4. The van der Waals surface area contributed by atoms with E-state index in [1.807, 2.05) is 0 Å². The number of carbonyl (C=O) groups excluding carboxylic acids is 4. The third-order valence-electron chi connectivity index (χ3n) is 3.19. The van der Waals surface area contributed by atoms with Gasteiger partial charge in [0.05, 0.1) is 0 Å². The van der Waals surface area contributed by atoms with E-state index >= 15 is 0 Å². The fourth-order valence-corrected chi connectivity index (χ4v) is 9.67. The Kier molecular flexibility index (Phi) is 24.5. The summed E-state index contributed by atoms with van der Waals surface area (Å²) >= 11 is -1.98. The minimum absolute atomic E-state index is 0. The predicted molar refractivity (Wildman–Crippen MR) is 127 cm³/mol. The van der Waals surface area contributed by atoms with Crippen molar-refractivity contribution in [3.8, 4) is 0 Å². The van der Waals surface area contributed by atoms with Gasteiger partial charge in [-0.3, -0.25) is 0 Å². The number of hydrogen-bond donors (Lipinski definition) is 0. The van der Waals surface area contributed by atoms with Gasteiger partial charge in [-0.25, -0.2) is 0 Å². The number of benzene rings is 3. The molecule has 0 unspecified atom stereocenters. The van der Waals surface area contributed by atoms with Crippen LogP contribution in [-0.2, 0) is 36.5 Å². The molecule has 0 atom stereocenters. The quantitative estimate of drug-likeness (QED) is 0.279. The second-order valence-electron chi connectivity index (χ2n) is 6.44. The van der Waals surface area contributed by atoms with Gasteiger partial charge < -0.3 is 39.6 Å². The normalized spacial score (nSPS) is 8.11. The van der Waals surface area contributed by atoms with Gasteiger partial charge in [-0.1, -0.05) is 0 Å². The van der Waals surface area contributed by atoms with Crippen LogP contribution in [0.1, 0.15) is 27.7 Å². The molecule has 0 N–H and O–H groups in total. The van der Waals surface area contributed by atoms with E-state index in [0.717, 1.165) is 27.7 Å². The molecule has 0 spiro atoms. The van der Waals surface area contributed by atoms with Crippen molar-refractivity contribution in [2.75, 3.05) is 0 Å². The molecule has 3 aromatic rings. The molecular formula is C26H27CrO8Sn. The molecule has 189 valence electrons. The van der Waals surface area contributed by atoms with Gasteiger partial charge in [-0.05, 0) is 27.7 Å². The molecule has 0 fully saturated rings. The number of carboxylic acid groups (broad SMARTS) is 4. The second-order valence-corrected chi connectivity index (χ2v) is 13.5. The molecule has 0 saturated carbocycles. The van der Waals surface area contributed by atoms with Crippen LogP contribution in [0.15, 0.2) is 91.0 Å². The van der Waals surface area contributed by atoms with Crippen molar-refractivity contribution < 1.29 is 57.0 Å². The minimum atomic E-state index is -1.98. The monoisotopic (exact) mass is 639 g/mol. The van der Waals surface area contributed by atoms with Crippen molar-refractivity contribution in [1.29, 1.82) is 0 Å². The van der Waals surface area contributed by atoms with Crippen molar-refractivity contribution >= 4 is 54.4 Å². The zero-order valence-corrected chi connectivity index (χ0v) is 24.5. The van der Waals surface area contributed by atoms with Crippen molar-refractivity contribution in [3.05, 3.63) is 91.0 Å². The Morgan fingerprint density at radius 1 is 0.444 bits per heavy atom. The van der Waals surface area contributed by atoms with E-state index < -0.39 is 43.6 Å². The summed E-state index contributed by atoms with van der Waals surface area (Å²) in [4.78, 5) is 35.6. The van der Waals surface area contributed by atoms with Gasteiger partial charge in [0.1, 0.15) is 0 Å². The molecule has 0 amide bonds. The fraction of sp³-hybridized carbons (Fsp3) is 0.154. The van der Waals surface area contributed by atoms with E-state index in [1.54, 1.807) is 0 Å². The van der Waals surface area contributed by atoms with Crippen LogP contribution in [0.25, 0.3) is 0 Å². The molecule has 0 aliphatic heterocycles. The van der Waals surface area contributed by atoms with Crippen LogP contribution in [0.2, 0.25) is 0 Å². The summed E-state index contributed by atoms with van der Waals surface area (Å²) in [5.41, 5.74) is 0. The summed E-state index contributed by atoms with van der Waals surface area (Å²) in [6.45, 7) is 3.89. The van der Waals surface area contributed by atoms with Crippen molar-refractivity contribution in [2.45, 2.75) is 27.7 Å². The molecule has 1 radical (unpaired) electrons. The second kappa shape index (κ2) is 23.6. The summed E-state index contributed by atoms with van der Waals surface area (Å²) in [6, 6.07) is 32.9. The van der Waals surface area contributed by atoms with E-state index in [1.165, 1.54) is 10.7 Å². The van der Waals surface area contributed by atoms with Gasteiger partial charge >= 0.3 is 139 Å². The molecule has 0 saturated heterocycles. The molecule has 8 nitrogen and oxygen atoms in total. The van der Waals surface area contributed by atoms with Crippen molar-refractivity contribution in [2.24, 2.45) is 0 Å². The Morgan fingerprint density at radius 3 is 0.722 bits per heavy atom. The summed E-state index contributed by atoms with van der Waals surface area (Å²) < 4.78 is 4.59. The first-order valence-corrected chi connectivity index (χ1v) is 14.4. The number of rotatable bonds is 3. The van der Waals surface area contributed by atoms with Crippen LogP contribution in [0.4, 0.5) is 0 Å². The average molecular weight is 638 g/mol. The molecule has 0 aromatic heterocycles. The summed E-state index contributed by atoms with van der Waals surface area (Å²) in [7, 11) is 0. The molecule has 0 aliphatic carbocycles. The number of aliphatic carboxylic acids is 4.